The highest BCUT2D eigenvalue weighted by molar-refractivity contribution is 7.92. The standard InChI is InChI=1S/C23H30FN3O4S/c1-16(2)18-10-12-20(13-11-18)27(32(5,30)31)15-22(28)26(17(3)23(29)25-4)14-19-8-6-7-9-21(19)24/h6-13,16-17H,14-15H2,1-5H3,(H,25,29)/t17-/m0/s1. The summed E-state index contributed by atoms with van der Waals surface area (Å²) in [7, 11) is -2.37. The van der Waals surface area contributed by atoms with Crippen molar-refractivity contribution in [3.63, 3.8) is 0 Å². The van der Waals surface area contributed by atoms with Crippen LogP contribution in [-0.4, -0.2) is 51.0 Å². The van der Waals surface area contributed by atoms with Crippen LogP contribution < -0.4 is 9.62 Å². The number of amides is 2. The molecule has 0 heterocycles. The summed E-state index contributed by atoms with van der Waals surface area (Å²) < 4.78 is 40.2. The molecule has 0 aliphatic heterocycles. The van der Waals surface area contributed by atoms with Gasteiger partial charge in [0.15, 0.2) is 0 Å². The normalized spacial score (nSPS) is 12.3. The highest BCUT2D eigenvalue weighted by Crippen LogP contribution is 2.23. The molecule has 1 atom stereocenters. The Bertz CT molecular complexity index is 1060. The molecule has 2 aromatic rings. The van der Waals surface area contributed by atoms with Crippen molar-refractivity contribution in [3.8, 4) is 0 Å². The first-order chi connectivity index (χ1) is 15.0. The lowest BCUT2D eigenvalue weighted by Crippen LogP contribution is -2.50. The van der Waals surface area contributed by atoms with Crippen molar-refractivity contribution >= 4 is 27.5 Å². The predicted molar refractivity (Wildman–Crippen MR) is 123 cm³/mol. The average Bonchev–Trinajstić information content (AvgIpc) is 2.75. The molecule has 0 aliphatic rings. The van der Waals surface area contributed by atoms with E-state index in [9.17, 15) is 22.4 Å². The molecule has 7 nitrogen and oxygen atoms in total. The van der Waals surface area contributed by atoms with E-state index in [0.717, 1.165) is 16.1 Å². The lowest BCUT2D eigenvalue weighted by Gasteiger charge is -2.31. The zero-order chi connectivity index (χ0) is 24.1. The Kier molecular flexibility index (Phi) is 8.38. The molecular formula is C23H30FN3O4S. The number of nitrogens with zero attached hydrogens (tertiary/aromatic N) is 2. The molecule has 0 fully saturated rings. The second-order valence-electron chi connectivity index (χ2n) is 7.92. The molecule has 174 valence electrons. The van der Waals surface area contributed by atoms with Crippen LogP contribution in [0.4, 0.5) is 10.1 Å². The Morgan fingerprint density at radius 2 is 1.62 bits per heavy atom. The van der Waals surface area contributed by atoms with E-state index in [4.69, 9.17) is 0 Å². The molecular weight excluding hydrogens is 433 g/mol. The van der Waals surface area contributed by atoms with Crippen molar-refractivity contribution in [3.05, 3.63) is 65.5 Å². The van der Waals surface area contributed by atoms with Crippen LogP contribution in [0.3, 0.4) is 0 Å². The van der Waals surface area contributed by atoms with E-state index in [1.165, 1.54) is 37.1 Å². The van der Waals surface area contributed by atoms with Gasteiger partial charge in [-0.3, -0.25) is 13.9 Å². The van der Waals surface area contributed by atoms with Crippen molar-refractivity contribution in [1.82, 2.24) is 10.2 Å². The first-order valence-electron chi connectivity index (χ1n) is 10.3. The number of benzene rings is 2. The van der Waals surface area contributed by atoms with Crippen LogP contribution >= 0.6 is 0 Å². The molecule has 1 N–H and O–H groups in total. The van der Waals surface area contributed by atoms with Crippen molar-refractivity contribution in [2.75, 3.05) is 24.2 Å². The molecule has 0 saturated heterocycles. The third-order valence-corrected chi connectivity index (χ3v) is 6.38. The summed E-state index contributed by atoms with van der Waals surface area (Å²) in [6.45, 7) is 4.86. The molecule has 32 heavy (non-hydrogen) atoms. The van der Waals surface area contributed by atoms with Gasteiger partial charge in [0.05, 0.1) is 11.9 Å². The Balaban J connectivity index is 2.38. The summed E-state index contributed by atoms with van der Waals surface area (Å²) >= 11 is 0. The Labute approximate surface area is 189 Å². The maximum atomic E-state index is 14.2. The van der Waals surface area contributed by atoms with Crippen LogP contribution in [0.25, 0.3) is 0 Å². The number of hydrogen-bond donors (Lipinski definition) is 1. The quantitative estimate of drug-likeness (QED) is 0.620. The number of nitrogens with one attached hydrogen (secondary N) is 1. The van der Waals surface area contributed by atoms with E-state index in [-0.39, 0.29) is 18.0 Å². The molecule has 0 bridgehead atoms. The molecule has 0 saturated carbocycles. The number of sulfonamides is 1. The second kappa shape index (κ2) is 10.6. The lowest BCUT2D eigenvalue weighted by molar-refractivity contribution is -0.139. The van der Waals surface area contributed by atoms with Crippen LogP contribution in [0.2, 0.25) is 0 Å². The number of carbonyl (C=O) groups excluding carboxylic acids is 2. The average molecular weight is 464 g/mol. The largest absolute Gasteiger partial charge is 0.357 e. The maximum Gasteiger partial charge on any atom is 0.244 e. The Hall–Kier alpha value is -2.94. The Morgan fingerprint density at radius 1 is 1.03 bits per heavy atom. The maximum absolute atomic E-state index is 14.2. The van der Waals surface area contributed by atoms with Gasteiger partial charge in [-0.2, -0.15) is 0 Å². The van der Waals surface area contributed by atoms with E-state index in [2.05, 4.69) is 5.32 Å². The van der Waals surface area contributed by atoms with Gasteiger partial charge >= 0.3 is 0 Å². The molecule has 2 amide bonds. The van der Waals surface area contributed by atoms with Crippen molar-refractivity contribution < 1.29 is 22.4 Å². The van der Waals surface area contributed by atoms with Crippen LogP contribution in [0, 0.1) is 5.82 Å². The molecule has 0 spiro atoms. The SMILES string of the molecule is CNC(=O)[C@H](C)N(Cc1ccccc1F)C(=O)CN(c1ccc(C(C)C)cc1)S(C)(=O)=O. The number of carbonyl (C=O) groups is 2. The fraction of sp³-hybridized carbons (Fsp3) is 0.391. The second-order valence-corrected chi connectivity index (χ2v) is 9.83. The molecule has 0 unspecified atom stereocenters. The first kappa shape index (κ1) is 25.3. The van der Waals surface area contributed by atoms with Gasteiger partial charge in [0.25, 0.3) is 0 Å². The predicted octanol–water partition coefficient (Wildman–Crippen LogP) is 2.88. The molecule has 9 heteroatoms. The Morgan fingerprint density at radius 3 is 2.12 bits per heavy atom. The van der Waals surface area contributed by atoms with Crippen LogP contribution in [-0.2, 0) is 26.2 Å². The fourth-order valence-corrected chi connectivity index (χ4v) is 4.09. The minimum Gasteiger partial charge on any atom is -0.357 e. The third-order valence-electron chi connectivity index (χ3n) is 5.24. The molecule has 0 radical (unpaired) electrons. The van der Waals surface area contributed by atoms with Gasteiger partial charge in [0, 0.05) is 19.2 Å². The van der Waals surface area contributed by atoms with Crippen molar-refractivity contribution in [1.29, 1.82) is 0 Å². The lowest BCUT2D eigenvalue weighted by atomic mass is 10.0. The first-order valence-corrected chi connectivity index (χ1v) is 12.1. The van der Waals surface area contributed by atoms with E-state index in [1.807, 2.05) is 26.0 Å². The van der Waals surface area contributed by atoms with E-state index >= 15 is 0 Å². The summed E-state index contributed by atoms with van der Waals surface area (Å²) in [5.74, 6) is -1.31. The smallest absolute Gasteiger partial charge is 0.244 e. The third kappa shape index (κ3) is 6.29. The molecule has 0 aliphatic carbocycles. The number of likely N-dealkylation sites (N-methyl/N-ethyl adjacent to an activating group) is 1. The monoisotopic (exact) mass is 463 g/mol. The van der Waals surface area contributed by atoms with Crippen LogP contribution in [0.5, 0.6) is 0 Å². The zero-order valence-corrected chi connectivity index (χ0v) is 19.8. The number of anilines is 1. The highest BCUT2D eigenvalue weighted by atomic mass is 32.2. The van der Waals surface area contributed by atoms with E-state index < -0.39 is 40.2 Å². The van der Waals surface area contributed by atoms with Gasteiger partial charge < -0.3 is 10.2 Å². The summed E-state index contributed by atoms with van der Waals surface area (Å²) in [5, 5.41) is 2.47. The molecule has 2 aromatic carbocycles. The molecule has 0 aromatic heterocycles. The van der Waals surface area contributed by atoms with Gasteiger partial charge in [-0.05, 0) is 36.6 Å². The summed E-state index contributed by atoms with van der Waals surface area (Å²) in [5.41, 5.74) is 1.59. The zero-order valence-electron chi connectivity index (χ0n) is 19.0. The summed E-state index contributed by atoms with van der Waals surface area (Å²) in [4.78, 5) is 26.7. The van der Waals surface area contributed by atoms with E-state index in [1.54, 1.807) is 18.2 Å². The van der Waals surface area contributed by atoms with E-state index in [0.29, 0.717) is 5.69 Å². The van der Waals surface area contributed by atoms with Gasteiger partial charge in [0.2, 0.25) is 21.8 Å². The van der Waals surface area contributed by atoms with Crippen molar-refractivity contribution in [2.45, 2.75) is 39.3 Å². The van der Waals surface area contributed by atoms with Gasteiger partial charge in [-0.15, -0.1) is 0 Å². The topological polar surface area (TPSA) is 86.8 Å². The van der Waals surface area contributed by atoms with Gasteiger partial charge in [-0.1, -0.05) is 44.2 Å². The highest BCUT2D eigenvalue weighted by Gasteiger charge is 2.30. The van der Waals surface area contributed by atoms with Crippen LogP contribution in [0.15, 0.2) is 48.5 Å². The van der Waals surface area contributed by atoms with Crippen molar-refractivity contribution in [2.24, 2.45) is 0 Å². The van der Waals surface area contributed by atoms with Gasteiger partial charge in [-0.25, -0.2) is 12.8 Å². The summed E-state index contributed by atoms with van der Waals surface area (Å²) in [6.07, 6.45) is 1.01. The number of rotatable bonds is 9. The van der Waals surface area contributed by atoms with Gasteiger partial charge in [0.1, 0.15) is 18.4 Å². The van der Waals surface area contributed by atoms with Crippen LogP contribution in [0.1, 0.15) is 37.8 Å². The summed E-state index contributed by atoms with van der Waals surface area (Å²) in [6, 6.07) is 11.9. The fourth-order valence-electron chi connectivity index (χ4n) is 3.24. The minimum atomic E-state index is -3.80. The number of hydrogen-bond acceptors (Lipinski definition) is 4. The number of halogens is 1. The minimum absolute atomic E-state index is 0.177. The molecule has 2 rings (SSSR count).